The second-order valence-electron chi connectivity index (χ2n) is 3.95. The molecule has 6 nitrogen and oxygen atoms in total. The number of quaternary nitrogens is 1. The Hall–Kier alpha value is -1.56. The van der Waals surface area contributed by atoms with E-state index in [0.717, 1.165) is 32.0 Å². The largest absolute Gasteiger partial charge is 0.383 e. The average molecular weight is 209 g/mol. The minimum absolute atomic E-state index is 0.247. The summed E-state index contributed by atoms with van der Waals surface area (Å²) in [7, 11) is 2.19. The molecule has 82 valence electrons. The van der Waals surface area contributed by atoms with Gasteiger partial charge in [-0.1, -0.05) is 0 Å². The third-order valence-electron chi connectivity index (χ3n) is 2.69. The fourth-order valence-electron chi connectivity index (χ4n) is 1.75. The van der Waals surface area contributed by atoms with Gasteiger partial charge in [-0.15, -0.1) is 0 Å². The summed E-state index contributed by atoms with van der Waals surface area (Å²) in [5.74, 6) is 1.52. The fourth-order valence-corrected chi connectivity index (χ4v) is 1.75. The molecule has 0 amide bonds. The molecular formula is C9H17N6+. The van der Waals surface area contributed by atoms with Crippen molar-refractivity contribution in [1.29, 1.82) is 0 Å². The first-order valence-electron chi connectivity index (χ1n) is 5.11. The Morgan fingerprint density at radius 2 is 1.93 bits per heavy atom. The van der Waals surface area contributed by atoms with Crippen LogP contribution in [0.4, 0.5) is 17.6 Å². The van der Waals surface area contributed by atoms with Crippen LogP contribution < -0.4 is 21.3 Å². The van der Waals surface area contributed by atoms with Crippen LogP contribution >= 0.6 is 0 Å². The highest BCUT2D eigenvalue weighted by Gasteiger charge is 2.18. The van der Waals surface area contributed by atoms with Crippen molar-refractivity contribution in [3.05, 3.63) is 6.07 Å². The van der Waals surface area contributed by atoms with E-state index in [4.69, 9.17) is 11.5 Å². The highest BCUT2D eigenvalue weighted by atomic mass is 15.3. The van der Waals surface area contributed by atoms with Gasteiger partial charge in [-0.05, 0) is 0 Å². The van der Waals surface area contributed by atoms with Gasteiger partial charge in [-0.3, -0.25) is 0 Å². The molecule has 5 N–H and O–H groups in total. The van der Waals surface area contributed by atoms with Gasteiger partial charge in [0.2, 0.25) is 5.95 Å². The first-order valence-corrected chi connectivity index (χ1v) is 5.11. The molecule has 1 saturated heterocycles. The number of nitrogens with one attached hydrogen (secondary N) is 1. The van der Waals surface area contributed by atoms with Crippen molar-refractivity contribution in [2.24, 2.45) is 0 Å². The van der Waals surface area contributed by atoms with Gasteiger partial charge in [0, 0.05) is 6.07 Å². The summed E-state index contributed by atoms with van der Waals surface area (Å²) in [6.45, 7) is 4.21. The quantitative estimate of drug-likeness (QED) is 0.497. The van der Waals surface area contributed by atoms with Crippen molar-refractivity contribution < 1.29 is 4.90 Å². The molecule has 1 fully saturated rings. The van der Waals surface area contributed by atoms with Crippen LogP contribution in [0.3, 0.4) is 0 Å². The van der Waals surface area contributed by atoms with Gasteiger partial charge < -0.3 is 21.3 Å². The van der Waals surface area contributed by atoms with Crippen LogP contribution in [0.15, 0.2) is 6.07 Å². The molecule has 1 aromatic heterocycles. The zero-order chi connectivity index (χ0) is 10.8. The molecule has 1 aliphatic heterocycles. The summed E-state index contributed by atoms with van der Waals surface area (Å²) in [5, 5.41) is 0. The number of piperazine rings is 1. The minimum atomic E-state index is 0.247. The second-order valence-corrected chi connectivity index (χ2v) is 3.95. The Kier molecular flexibility index (Phi) is 2.59. The lowest BCUT2D eigenvalue weighted by atomic mass is 10.3. The zero-order valence-corrected chi connectivity index (χ0v) is 8.90. The third kappa shape index (κ3) is 2.27. The van der Waals surface area contributed by atoms with E-state index in [2.05, 4.69) is 21.9 Å². The molecule has 0 aliphatic carbocycles. The number of nitrogens with two attached hydrogens (primary N) is 2. The molecule has 2 heterocycles. The Bertz CT molecular complexity index is 324. The number of likely N-dealkylation sites (N-methyl/N-ethyl adjacent to an activating group) is 1. The summed E-state index contributed by atoms with van der Waals surface area (Å²) < 4.78 is 0. The maximum absolute atomic E-state index is 5.63. The summed E-state index contributed by atoms with van der Waals surface area (Å²) in [6.07, 6.45) is 0. The lowest BCUT2D eigenvalue weighted by molar-refractivity contribution is -0.880. The van der Waals surface area contributed by atoms with Gasteiger partial charge in [-0.2, -0.15) is 9.97 Å². The SMILES string of the molecule is C[NH+]1CCN(c2cc(N)nc(N)n2)CC1. The van der Waals surface area contributed by atoms with E-state index in [1.54, 1.807) is 11.0 Å². The molecule has 2 rings (SSSR count). The van der Waals surface area contributed by atoms with Crippen molar-refractivity contribution >= 4 is 17.6 Å². The van der Waals surface area contributed by atoms with Gasteiger partial charge >= 0.3 is 0 Å². The number of hydrogen-bond acceptors (Lipinski definition) is 5. The van der Waals surface area contributed by atoms with E-state index in [1.807, 2.05) is 0 Å². The predicted molar refractivity (Wildman–Crippen MR) is 59.7 cm³/mol. The van der Waals surface area contributed by atoms with Gasteiger partial charge in [-0.25, -0.2) is 0 Å². The molecule has 0 aromatic carbocycles. The number of nitrogens with zero attached hydrogens (tertiary/aromatic N) is 3. The molecule has 15 heavy (non-hydrogen) atoms. The highest BCUT2D eigenvalue weighted by Crippen LogP contribution is 2.14. The number of aromatic nitrogens is 2. The van der Waals surface area contributed by atoms with Gasteiger partial charge in [0.15, 0.2) is 0 Å². The van der Waals surface area contributed by atoms with Crippen molar-refractivity contribution in [1.82, 2.24) is 9.97 Å². The van der Waals surface area contributed by atoms with Gasteiger partial charge in [0.05, 0.1) is 33.2 Å². The van der Waals surface area contributed by atoms with E-state index in [1.165, 1.54) is 0 Å². The Morgan fingerprint density at radius 1 is 1.27 bits per heavy atom. The number of rotatable bonds is 1. The molecule has 0 spiro atoms. The monoisotopic (exact) mass is 209 g/mol. The van der Waals surface area contributed by atoms with E-state index in [-0.39, 0.29) is 5.95 Å². The topological polar surface area (TPSA) is 85.5 Å². The summed E-state index contributed by atoms with van der Waals surface area (Å²) in [4.78, 5) is 11.8. The van der Waals surface area contributed by atoms with Crippen LogP contribution in [0.2, 0.25) is 0 Å². The Balaban J connectivity index is 2.15. The lowest BCUT2D eigenvalue weighted by Crippen LogP contribution is -3.12. The van der Waals surface area contributed by atoms with Crippen molar-refractivity contribution in [3.63, 3.8) is 0 Å². The Morgan fingerprint density at radius 3 is 2.53 bits per heavy atom. The fraction of sp³-hybridized carbons (Fsp3) is 0.556. The first kappa shape index (κ1) is 9.97. The molecule has 6 heteroatoms. The van der Waals surface area contributed by atoms with E-state index >= 15 is 0 Å². The maximum Gasteiger partial charge on any atom is 0.223 e. The van der Waals surface area contributed by atoms with Crippen LogP contribution in [-0.2, 0) is 0 Å². The predicted octanol–water partition coefficient (Wildman–Crippen LogP) is -2.02. The summed E-state index contributed by atoms with van der Waals surface area (Å²) in [5.41, 5.74) is 11.2. The number of hydrogen-bond donors (Lipinski definition) is 3. The molecule has 0 saturated carbocycles. The molecule has 0 bridgehead atoms. The highest BCUT2D eigenvalue weighted by molar-refractivity contribution is 5.50. The standard InChI is InChI=1S/C9H16N6/c1-14-2-4-15(5-3-14)8-6-7(10)12-9(11)13-8/h6H,2-5H2,1H3,(H4,10,11,12,13)/p+1. The molecule has 1 aliphatic rings. The van der Waals surface area contributed by atoms with Gasteiger partial charge in [0.1, 0.15) is 11.6 Å². The van der Waals surface area contributed by atoms with Crippen LogP contribution in [0.5, 0.6) is 0 Å². The third-order valence-corrected chi connectivity index (χ3v) is 2.69. The number of nitrogen functional groups attached to an aromatic ring is 2. The summed E-state index contributed by atoms with van der Waals surface area (Å²) >= 11 is 0. The molecule has 0 atom stereocenters. The van der Waals surface area contributed by atoms with Crippen molar-refractivity contribution in [3.8, 4) is 0 Å². The van der Waals surface area contributed by atoms with E-state index < -0.39 is 0 Å². The van der Waals surface area contributed by atoms with Crippen molar-refractivity contribution in [2.45, 2.75) is 0 Å². The minimum Gasteiger partial charge on any atom is -0.383 e. The van der Waals surface area contributed by atoms with Crippen LogP contribution in [-0.4, -0.2) is 43.2 Å². The first-order chi connectivity index (χ1) is 7.15. The van der Waals surface area contributed by atoms with Crippen LogP contribution in [0.25, 0.3) is 0 Å². The normalized spacial score (nSPS) is 18.1. The molecule has 0 unspecified atom stereocenters. The van der Waals surface area contributed by atoms with Crippen LogP contribution in [0.1, 0.15) is 0 Å². The molecule has 0 radical (unpaired) electrons. The van der Waals surface area contributed by atoms with Gasteiger partial charge in [0.25, 0.3) is 0 Å². The van der Waals surface area contributed by atoms with E-state index in [0.29, 0.717) is 5.82 Å². The summed E-state index contributed by atoms with van der Waals surface area (Å²) in [6, 6.07) is 1.77. The maximum atomic E-state index is 5.63. The lowest BCUT2D eigenvalue weighted by Gasteiger charge is -2.30. The average Bonchev–Trinajstić information content (AvgIpc) is 2.17. The second kappa shape index (κ2) is 3.90. The Labute approximate surface area is 88.9 Å². The van der Waals surface area contributed by atoms with Crippen molar-refractivity contribution in [2.75, 3.05) is 49.6 Å². The zero-order valence-electron chi connectivity index (χ0n) is 8.90. The smallest absolute Gasteiger partial charge is 0.223 e. The number of anilines is 3. The molecule has 1 aromatic rings. The molecular weight excluding hydrogens is 192 g/mol. The van der Waals surface area contributed by atoms with Crippen LogP contribution in [0, 0.1) is 0 Å². The van der Waals surface area contributed by atoms with E-state index in [9.17, 15) is 0 Å².